The van der Waals surface area contributed by atoms with Crippen LogP contribution in [0.5, 0.6) is 0 Å². The number of aryl methyl sites for hydroxylation is 3. The number of carbonyl (C=O) groups is 2. The SMILES string of the molecule is COC(=O)C1(C(C)=O)CC(C)C(C)C1c1c(C)cc(C)cc1C. The van der Waals surface area contributed by atoms with Crippen LogP contribution in [0.4, 0.5) is 0 Å². The Bertz CT molecular complexity index is 623. The van der Waals surface area contributed by atoms with E-state index in [4.69, 9.17) is 4.74 Å². The fraction of sp³-hybridized carbons (Fsp3) is 0.600. The zero-order valence-corrected chi connectivity index (χ0v) is 15.3. The van der Waals surface area contributed by atoms with Crippen LogP contribution >= 0.6 is 0 Å². The lowest BCUT2D eigenvalue weighted by Crippen LogP contribution is -2.42. The molecule has 0 heterocycles. The first-order valence-corrected chi connectivity index (χ1v) is 8.34. The van der Waals surface area contributed by atoms with E-state index in [1.54, 1.807) is 0 Å². The molecule has 0 aromatic heterocycles. The van der Waals surface area contributed by atoms with Gasteiger partial charge in [-0.25, -0.2) is 0 Å². The molecule has 1 aromatic rings. The molecule has 0 spiro atoms. The monoisotopic (exact) mass is 316 g/mol. The van der Waals surface area contributed by atoms with Crippen molar-refractivity contribution in [3.8, 4) is 0 Å². The second-order valence-corrected chi connectivity index (χ2v) is 7.35. The molecule has 1 aromatic carbocycles. The molecule has 0 amide bonds. The quantitative estimate of drug-likeness (QED) is 0.622. The number of methoxy groups -OCH3 is 1. The predicted octanol–water partition coefficient (Wildman–Crippen LogP) is 4.12. The Labute approximate surface area is 139 Å². The van der Waals surface area contributed by atoms with Gasteiger partial charge in [0.05, 0.1) is 7.11 Å². The van der Waals surface area contributed by atoms with E-state index in [2.05, 4.69) is 46.8 Å². The third kappa shape index (κ3) is 2.60. The fourth-order valence-electron chi connectivity index (χ4n) is 4.69. The molecule has 4 unspecified atom stereocenters. The highest BCUT2D eigenvalue weighted by molar-refractivity contribution is 6.04. The summed E-state index contributed by atoms with van der Waals surface area (Å²) in [4.78, 5) is 25.3. The Morgan fingerprint density at radius 1 is 1.13 bits per heavy atom. The Morgan fingerprint density at radius 3 is 2.09 bits per heavy atom. The summed E-state index contributed by atoms with van der Waals surface area (Å²) < 4.78 is 5.09. The molecule has 23 heavy (non-hydrogen) atoms. The van der Waals surface area contributed by atoms with Crippen molar-refractivity contribution in [2.75, 3.05) is 7.11 Å². The summed E-state index contributed by atoms with van der Waals surface area (Å²) in [5, 5.41) is 0. The zero-order chi connectivity index (χ0) is 17.5. The lowest BCUT2D eigenvalue weighted by molar-refractivity contribution is -0.158. The Kier molecular flexibility index (Phi) is 4.70. The van der Waals surface area contributed by atoms with Gasteiger partial charge in [0.1, 0.15) is 11.2 Å². The molecule has 0 N–H and O–H groups in total. The molecule has 3 nitrogen and oxygen atoms in total. The maximum Gasteiger partial charge on any atom is 0.319 e. The molecule has 126 valence electrons. The van der Waals surface area contributed by atoms with E-state index in [0.717, 1.165) is 16.7 Å². The molecule has 1 aliphatic carbocycles. The van der Waals surface area contributed by atoms with Crippen molar-refractivity contribution in [3.63, 3.8) is 0 Å². The molecule has 0 radical (unpaired) electrons. The van der Waals surface area contributed by atoms with Gasteiger partial charge in [-0.1, -0.05) is 31.5 Å². The topological polar surface area (TPSA) is 43.4 Å². The van der Waals surface area contributed by atoms with Gasteiger partial charge in [0.25, 0.3) is 0 Å². The number of carbonyl (C=O) groups excluding carboxylic acids is 2. The van der Waals surface area contributed by atoms with Crippen LogP contribution in [-0.2, 0) is 14.3 Å². The molecule has 2 rings (SSSR count). The number of rotatable bonds is 3. The van der Waals surface area contributed by atoms with E-state index in [1.807, 2.05) is 0 Å². The Morgan fingerprint density at radius 2 is 1.65 bits per heavy atom. The second-order valence-electron chi connectivity index (χ2n) is 7.35. The van der Waals surface area contributed by atoms with Crippen LogP contribution in [0.25, 0.3) is 0 Å². The molecule has 1 aliphatic rings. The van der Waals surface area contributed by atoms with Crippen molar-refractivity contribution in [2.24, 2.45) is 17.3 Å². The van der Waals surface area contributed by atoms with Crippen LogP contribution < -0.4 is 0 Å². The van der Waals surface area contributed by atoms with E-state index < -0.39 is 5.41 Å². The van der Waals surface area contributed by atoms with Gasteiger partial charge >= 0.3 is 5.97 Å². The second kappa shape index (κ2) is 6.10. The lowest BCUT2D eigenvalue weighted by atomic mass is 9.67. The van der Waals surface area contributed by atoms with Crippen LogP contribution in [-0.4, -0.2) is 18.9 Å². The van der Waals surface area contributed by atoms with Crippen LogP contribution in [0.1, 0.15) is 55.4 Å². The summed E-state index contributed by atoms with van der Waals surface area (Å²) in [7, 11) is 1.38. The molecular formula is C20H28O3. The fourth-order valence-corrected chi connectivity index (χ4v) is 4.69. The summed E-state index contributed by atoms with van der Waals surface area (Å²) in [6.45, 7) is 12.0. The van der Waals surface area contributed by atoms with E-state index >= 15 is 0 Å². The smallest absolute Gasteiger partial charge is 0.319 e. The van der Waals surface area contributed by atoms with Crippen molar-refractivity contribution in [1.29, 1.82) is 0 Å². The molecule has 1 fully saturated rings. The number of hydrogen-bond donors (Lipinski definition) is 0. The van der Waals surface area contributed by atoms with Gasteiger partial charge in [0.2, 0.25) is 0 Å². The van der Waals surface area contributed by atoms with Crippen molar-refractivity contribution in [2.45, 2.75) is 53.9 Å². The van der Waals surface area contributed by atoms with E-state index in [9.17, 15) is 9.59 Å². The largest absolute Gasteiger partial charge is 0.468 e. The Hall–Kier alpha value is -1.64. The zero-order valence-electron chi connectivity index (χ0n) is 15.3. The molecule has 4 atom stereocenters. The van der Waals surface area contributed by atoms with Crippen LogP contribution in [0.2, 0.25) is 0 Å². The third-order valence-corrected chi connectivity index (χ3v) is 5.83. The van der Waals surface area contributed by atoms with E-state index in [0.29, 0.717) is 12.3 Å². The van der Waals surface area contributed by atoms with Gasteiger partial charge < -0.3 is 4.74 Å². The summed E-state index contributed by atoms with van der Waals surface area (Å²) >= 11 is 0. The summed E-state index contributed by atoms with van der Waals surface area (Å²) in [5.74, 6) is -0.0419. The number of Topliss-reactive ketones (excluding diaryl/α,β-unsaturated/α-hetero) is 1. The minimum Gasteiger partial charge on any atom is -0.468 e. The third-order valence-electron chi connectivity index (χ3n) is 5.83. The van der Waals surface area contributed by atoms with E-state index in [-0.39, 0.29) is 23.6 Å². The summed E-state index contributed by atoms with van der Waals surface area (Å²) in [5.41, 5.74) is 3.60. The molecule has 3 heteroatoms. The summed E-state index contributed by atoms with van der Waals surface area (Å²) in [6, 6.07) is 4.28. The van der Waals surface area contributed by atoms with Crippen LogP contribution in [0, 0.1) is 38.0 Å². The Balaban J connectivity index is 2.74. The maximum atomic E-state index is 12.7. The molecule has 0 saturated heterocycles. The maximum absolute atomic E-state index is 12.7. The van der Waals surface area contributed by atoms with Crippen molar-refractivity contribution in [1.82, 2.24) is 0 Å². The number of ether oxygens (including phenoxy) is 1. The number of esters is 1. The lowest BCUT2D eigenvalue weighted by Gasteiger charge is -2.34. The number of ketones is 1. The van der Waals surface area contributed by atoms with Crippen molar-refractivity contribution in [3.05, 3.63) is 34.4 Å². The molecule has 0 bridgehead atoms. The molecular weight excluding hydrogens is 288 g/mol. The van der Waals surface area contributed by atoms with Gasteiger partial charge in [-0.15, -0.1) is 0 Å². The highest BCUT2D eigenvalue weighted by Gasteiger charge is 2.60. The van der Waals surface area contributed by atoms with Gasteiger partial charge in [-0.3, -0.25) is 9.59 Å². The van der Waals surface area contributed by atoms with Crippen LogP contribution in [0.15, 0.2) is 12.1 Å². The van der Waals surface area contributed by atoms with Crippen molar-refractivity contribution < 1.29 is 14.3 Å². The van der Waals surface area contributed by atoms with Gasteiger partial charge in [0, 0.05) is 5.92 Å². The predicted molar refractivity (Wildman–Crippen MR) is 91.5 cm³/mol. The summed E-state index contributed by atoms with van der Waals surface area (Å²) in [6.07, 6.45) is 0.563. The standard InChI is InChI=1S/C20H28O3/c1-11-8-12(2)17(13(3)9-11)18-15(5)14(4)10-20(18,16(6)21)19(22)23-7/h8-9,14-15,18H,10H2,1-7H3. The first-order chi connectivity index (χ1) is 10.7. The normalized spacial score (nSPS) is 30.3. The minimum atomic E-state index is -1.06. The van der Waals surface area contributed by atoms with E-state index in [1.165, 1.54) is 19.6 Å². The van der Waals surface area contributed by atoms with Crippen molar-refractivity contribution >= 4 is 11.8 Å². The van der Waals surface area contributed by atoms with Gasteiger partial charge in [-0.05, 0) is 62.6 Å². The number of benzene rings is 1. The minimum absolute atomic E-state index is 0.0788. The van der Waals surface area contributed by atoms with Crippen LogP contribution in [0.3, 0.4) is 0 Å². The highest BCUT2D eigenvalue weighted by Crippen LogP contribution is 2.57. The average Bonchev–Trinajstić information content (AvgIpc) is 2.71. The van der Waals surface area contributed by atoms with Gasteiger partial charge in [-0.2, -0.15) is 0 Å². The first kappa shape index (κ1) is 17.7. The highest BCUT2D eigenvalue weighted by atomic mass is 16.5. The average molecular weight is 316 g/mol. The first-order valence-electron chi connectivity index (χ1n) is 8.34. The van der Waals surface area contributed by atoms with Gasteiger partial charge in [0.15, 0.2) is 0 Å². The molecule has 0 aliphatic heterocycles. The number of hydrogen-bond acceptors (Lipinski definition) is 3. The molecule has 1 saturated carbocycles.